The van der Waals surface area contributed by atoms with Gasteiger partial charge < -0.3 is 14.5 Å². The normalized spacial score (nSPS) is 15.2. The fraction of sp³-hybridized carbons (Fsp3) is 0.182. The Hall–Kier alpha value is -2.43. The van der Waals surface area contributed by atoms with Crippen LogP contribution in [0.1, 0.15) is 35.1 Å². The number of hydrazine groups is 1. The third-order valence-electron chi connectivity index (χ3n) is 4.73. The third-order valence-corrected chi connectivity index (χ3v) is 5.85. The lowest BCUT2D eigenvalue weighted by Gasteiger charge is -2.36. The topological polar surface area (TPSA) is 83.8 Å². The van der Waals surface area contributed by atoms with Gasteiger partial charge in [0.2, 0.25) is 5.91 Å². The van der Waals surface area contributed by atoms with Gasteiger partial charge in [-0.3, -0.25) is 15.0 Å². The Labute approximate surface area is 208 Å². The Morgan fingerprint density at radius 1 is 1.19 bits per heavy atom. The lowest BCUT2D eigenvalue weighted by molar-refractivity contribution is -0.126. The van der Waals surface area contributed by atoms with E-state index in [1.807, 2.05) is 34.7 Å². The Morgan fingerprint density at radius 2 is 2.00 bits per heavy atom. The van der Waals surface area contributed by atoms with Gasteiger partial charge in [0.05, 0.1) is 17.2 Å². The van der Waals surface area contributed by atoms with E-state index in [-0.39, 0.29) is 24.8 Å². The second-order valence-corrected chi connectivity index (χ2v) is 8.88. The molecular formula is C22H18Cl2IN3O4. The van der Waals surface area contributed by atoms with Crippen molar-refractivity contribution in [2.24, 2.45) is 0 Å². The van der Waals surface area contributed by atoms with Crippen LogP contribution in [0, 0.1) is 3.77 Å². The maximum absolute atomic E-state index is 13.1. The molecule has 2 heterocycles. The van der Waals surface area contributed by atoms with E-state index in [4.69, 9.17) is 32.4 Å². The van der Waals surface area contributed by atoms with Crippen LogP contribution in [-0.4, -0.2) is 23.4 Å². The molecule has 10 heteroatoms. The van der Waals surface area contributed by atoms with Crippen molar-refractivity contribution in [2.45, 2.75) is 19.0 Å². The lowest BCUT2D eigenvalue weighted by atomic mass is 10.1. The quantitative estimate of drug-likeness (QED) is 0.277. The Bertz CT molecular complexity index is 1150. The van der Waals surface area contributed by atoms with Crippen LogP contribution in [0.5, 0.6) is 5.75 Å². The summed E-state index contributed by atoms with van der Waals surface area (Å²) in [5.41, 5.74) is 3.84. The van der Waals surface area contributed by atoms with Crippen LogP contribution < -0.4 is 15.5 Å². The fourth-order valence-corrected chi connectivity index (χ4v) is 4.14. The minimum absolute atomic E-state index is 0.152. The van der Waals surface area contributed by atoms with E-state index < -0.39 is 6.17 Å². The number of ether oxygens (including phenoxy) is 1. The van der Waals surface area contributed by atoms with Gasteiger partial charge in [0.15, 0.2) is 9.93 Å². The molecule has 0 bridgehead atoms. The molecule has 0 saturated carbocycles. The van der Waals surface area contributed by atoms with Gasteiger partial charge in [-0.05, 0) is 71.5 Å². The van der Waals surface area contributed by atoms with Gasteiger partial charge in [-0.15, -0.1) is 0 Å². The molecule has 0 aliphatic carbocycles. The summed E-state index contributed by atoms with van der Waals surface area (Å²) in [5, 5.41) is 5.44. The number of benzene rings is 2. The van der Waals surface area contributed by atoms with Gasteiger partial charge in [0.1, 0.15) is 11.5 Å². The minimum Gasteiger partial charge on any atom is -0.492 e. The van der Waals surface area contributed by atoms with E-state index in [1.54, 1.807) is 42.5 Å². The number of nitrogens with zero attached hydrogens (tertiary/aromatic N) is 1. The second-order valence-electron chi connectivity index (χ2n) is 6.97. The first-order valence-electron chi connectivity index (χ1n) is 9.74. The molecule has 2 N–H and O–H groups in total. The standard InChI is InChI=1S/C22H18Cl2IN3O4/c23-13-7-8-17(15(24)12-13)31-11-3-6-20(29)27-28-21(18-9-10-19(25)32-18)26-16-5-2-1-4-14(16)22(28)30/h1-2,4-5,7-10,12,21,26H,3,6,11H2,(H,27,29). The molecule has 0 spiro atoms. The lowest BCUT2D eigenvalue weighted by Crippen LogP contribution is -2.52. The van der Waals surface area contributed by atoms with Crippen molar-refractivity contribution in [1.29, 1.82) is 0 Å². The SMILES string of the molecule is O=C(CCCOc1ccc(Cl)cc1Cl)NN1C(=O)c2ccccc2NC1c1ccc(I)o1. The Balaban J connectivity index is 1.40. The van der Waals surface area contributed by atoms with Crippen molar-refractivity contribution in [3.8, 4) is 5.75 Å². The predicted molar refractivity (Wildman–Crippen MR) is 130 cm³/mol. The first-order valence-corrected chi connectivity index (χ1v) is 11.6. The molecule has 1 aromatic heterocycles. The number of rotatable bonds is 7. The first kappa shape index (κ1) is 22.8. The van der Waals surface area contributed by atoms with E-state index in [1.165, 1.54) is 5.01 Å². The number of para-hydroxylation sites is 1. The molecule has 1 atom stereocenters. The van der Waals surface area contributed by atoms with Crippen molar-refractivity contribution in [2.75, 3.05) is 11.9 Å². The molecule has 0 fully saturated rings. The predicted octanol–water partition coefficient (Wildman–Crippen LogP) is 5.65. The molecule has 1 unspecified atom stereocenters. The van der Waals surface area contributed by atoms with Crippen LogP contribution in [0.2, 0.25) is 10.0 Å². The number of fused-ring (bicyclic) bond motifs is 1. The average molecular weight is 586 g/mol. The molecule has 32 heavy (non-hydrogen) atoms. The number of furan rings is 1. The molecule has 1 aliphatic rings. The molecule has 0 saturated heterocycles. The van der Waals surface area contributed by atoms with Gasteiger partial charge in [-0.2, -0.15) is 0 Å². The summed E-state index contributed by atoms with van der Waals surface area (Å²) in [4.78, 5) is 25.7. The first-order chi connectivity index (χ1) is 15.4. The van der Waals surface area contributed by atoms with E-state index in [2.05, 4.69) is 10.7 Å². The molecule has 7 nitrogen and oxygen atoms in total. The van der Waals surface area contributed by atoms with Crippen molar-refractivity contribution in [1.82, 2.24) is 10.4 Å². The number of hydrogen-bond donors (Lipinski definition) is 2. The van der Waals surface area contributed by atoms with Gasteiger partial charge in [-0.1, -0.05) is 35.3 Å². The number of carbonyl (C=O) groups excluding carboxylic acids is 2. The van der Waals surface area contributed by atoms with Crippen LogP contribution in [0.15, 0.2) is 59.0 Å². The zero-order valence-corrected chi connectivity index (χ0v) is 20.3. The van der Waals surface area contributed by atoms with Crippen molar-refractivity contribution < 1.29 is 18.7 Å². The molecule has 1 aliphatic heterocycles. The monoisotopic (exact) mass is 585 g/mol. The van der Waals surface area contributed by atoms with Crippen molar-refractivity contribution in [3.63, 3.8) is 0 Å². The van der Waals surface area contributed by atoms with Gasteiger partial charge >= 0.3 is 0 Å². The smallest absolute Gasteiger partial charge is 0.276 e. The number of carbonyl (C=O) groups is 2. The van der Waals surface area contributed by atoms with E-state index in [0.717, 1.165) is 0 Å². The summed E-state index contributed by atoms with van der Waals surface area (Å²) in [6, 6.07) is 15.6. The molecule has 2 aromatic carbocycles. The summed E-state index contributed by atoms with van der Waals surface area (Å²) in [5.74, 6) is 0.360. The second kappa shape index (κ2) is 10.0. The number of halogens is 3. The summed E-state index contributed by atoms with van der Waals surface area (Å²) in [7, 11) is 0. The molecule has 3 aromatic rings. The summed E-state index contributed by atoms with van der Waals surface area (Å²) < 4.78 is 12.0. The highest BCUT2D eigenvalue weighted by Gasteiger charge is 2.35. The maximum Gasteiger partial charge on any atom is 0.276 e. The Kier molecular flexibility index (Phi) is 7.12. The summed E-state index contributed by atoms with van der Waals surface area (Å²) >= 11 is 14.0. The van der Waals surface area contributed by atoms with Crippen LogP contribution in [0.3, 0.4) is 0 Å². The minimum atomic E-state index is -0.672. The molecule has 2 amide bonds. The molecule has 4 rings (SSSR count). The number of anilines is 1. The van der Waals surface area contributed by atoms with Crippen LogP contribution >= 0.6 is 45.8 Å². The summed E-state index contributed by atoms with van der Waals surface area (Å²) in [6.45, 7) is 0.281. The highest BCUT2D eigenvalue weighted by Crippen LogP contribution is 2.33. The highest BCUT2D eigenvalue weighted by atomic mass is 127. The van der Waals surface area contributed by atoms with E-state index in [9.17, 15) is 9.59 Å². The maximum atomic E-state index is 13.1. The van der Waals surface area contributed by atoms with Crippen LogP contribution in [-0.2, 0) is 4.79 Å². The van der Waals surface area contributed by atoms with Crippen molar-refractivity contribution >= 4 is 63.3 Å². The number of amides is 2. The average Bonchev–Trinajstić information content (AvgIpc) is 3.20. The van der Waals surface area contributed by atoms with Gasteiger partial charge in [-0.25, -0.2) is 5.01 Å². The third kappa shape index (κ3) is 5.13. The largest absolute Gasteiger partial charge is 0.492 e. The van der Waals surface area contributed by atoms with Crippen LogP contribution in [0.25, 0.3) is 0 Å². The molecule has 0 radical (unpaired) electrons. The Morgan fingerprint density at radius 3 is 2.75 bits per heavy atom. The summed E-state index contributed by atoms with van der Waals surface area (Å²) in [6.07, 6.45) is -0.0897. The van der Waals surface area contributed by atoms with Crippen molar-refractivity contribution in [3.05, 3.63) is 79.7 Å². The van der Waals surface area contributed by atoms with E-state index in [0.29, 0.717) is 43.0 Å². The number of hydrogen-bond acceptors (Lipinski definition) is 5. The number of nitrogens with one attached hydrogen (secondary N) is 2. The highest BCUT2D eigenvalue weighted by molar-refractivity contribution is 14.1. The molecule has 166 valence electrons. The van der Waals surface area contributed by atoms with Gasteiger partial charge in [0.25, 0.3) is 5.91 Å². The van der Waals surface area contributed by atoms with Gasteiger partial charge in [0, 0.05) is 17.1 Å². The fourth-order valence-electron chi connectivity index (χ4n) is 3.24. The van der Waals surface area contributed by atoms with Crippen LogP contribution in [0.4, 0.5) is 5.69 Å². The zero-order valence-electron chi connectivity index (χ0n) is 16.6. The van der Waals surface area contributed by atoms with E-state index >= 15 is 0 Å². The molecular weight excluding hydrogens is 568 g/mol. The zero-order chi connectivity index (χ0) is 22.7.